The number of amides is 1. The largest absolute Gasteiger partial charge is 0.354 e. The second-order valence-corrected chi connectivity index (χ2v) is 6.94. The van der Waals surface area contributed by atoms with E-state index in [4.69, 9.17) is 0 Å². The standard InChI is InChI=1S/C14H19FN2O4S/c1-9(16-3)7-17-14(19)8-22(20,21)11-4-5-12(10(2)18)13(15)6-11/h4-6,9,16H,7-8H2,1-3H3,(H,17,19). The molecule has 0 aliphatic heterocycles. The smallest absolute Gasteiger partial charge is 0.235 e. The van der Waals surface area contributed by atoms with Crippen molar-refractivity contribution in [1.29, 1.82) is 0 Å². The Morgan fingerprint density at radius 3 is 2.45 bits per heavy atom. The van der Waals surface area contributed by atoms with E-state index in [9.17, 15) is 22.4 Å². The Labute approximate surface area is 129 Å². The number of hydrogen-bond donors (Lipinski definition) is 2. The molecule has 0 aromatic heterocycles. The van der Waals surface area contributed by atoms with E-state index in [0.717, 1.165) is 18.2 Å². The summed E-state index contributed by atoms with van der Waals surface area (Å²) in [7, 11) is -2.25. The highest BCUT2D eigenvalue weighted by Gasteiger charge is 2.21. The Hall–Kier alpha value is -1.80. The molecular formula is C14H19FN2O4S. The van der Waals surface area contributed by atoms with Crippen molar-refractivity contribution in [1.82, 2.24) is 10.6 Å². The van der Waals surface area contributed by atoms with Crippen molar-refractivity contribution in [2.75, 3.05) is 19.3 Å². The van der Waals surface area contributed by atoms with Crippen LogP contribution in [0.25, 0.3) is 0 Å². The Morgan fingerprint density at radius 2 is 1.95 bits per heavy atom. The van der Waals surface area contributed by atoms with Crippen molar-refractivity contribution in [2.24, 2.45) is 0 Å². The normalized spacial score (nSPS) is 12.7. The summed E-state index contributed by atoms with van der Waals surface area (Å²) in [6.07, 6.45) is 0. The second-order valence-electron chi connectivity index (χ2n) is 4.95. The first kappa shape index (κ1) is 18.2. The van der Waals surface area contributed by atoms with Gasteiger partial charge in [0.1, 0.15) is 11.6 Å². The highest BCUT2D eigenvalue weighted by Crippen LogP contribution is 2.16. The predicted molar refractivity (Wildman–Crippen MR) is 80.0 cm³/mol. The predicted octanol–water partition coefficient (Wildman–Crippen LogP) is 0.526. The Morgan fingerprint density at radius 1 is 1.32 bits per heavy atom. The summed E-state index contributed by atoms with van der Waals surface area (Å²) >= 11 is 0. The zero-order valence-electron chi connectivity index (χ0n) is 12.6. The van der Waals surface area contributed by atoms with E-state index in [1.807, 2.05) is 6.92 Å². The topological polar surface area (TPSA) is 92.3 Å². The lowest BCUT2D eigenvalue weighted by molar-refractivity contribution is -0.118. The summed E-state index contributed by atoms with van der Waals surface area (Å²) < 4.78 is 37.8. The first-order chi connectivity index (χ1) is 10.2. The maximum absolute atomic E-state index is 13.7. The molecule has 1 unspecified atom stereocenters. The van der Waals surface area contributed by atoms with Gasteiger partial charge in [-0.2, -0.15) is 0 Å². The molecule has 0 bridgehead atoms. The average Bonchev–Trinajstić information content (AvgIpc) is 2.43. The maximum Gasteiger partial charge on any atom is 0.235 e. The molecule has 22 heavy (non-hydrogen) atoms. The van der Waals surface area contributed by atoms with Gasteiger partial charge in [0.15, 0.2) is 15.6 Å². The molecule has 0 aliphatic carbocycles. The van der Waals surface area contributed by atoms with Crippen molar-refractivity contribution >= 4 is 21.5 Å². The molecule has 0 heterocycles. The fourth-order valence-corrected chi connectivity index (χ4v) is 2.82. The lowest BCUT2D eigenvalue weighted by atomic mass is 10.1. The molecule has 0 aliphatic rings. The zero-order chi connectivity index (χ0) is 16.9. The molecule has 1 amide bonds. The molecule has 1 atom stereocenters. The van der Waals surface area contributed by atoms with Gasteiger partial charge in [0, 0.05) is 12.6 Å². The summed E-state index contributed by atoms with van der Waals surface area (Å²) in [5.41, 5.74) is -0.189. The van der Waals surface area contributed by atoms with E-state index < -0.39 is 33.1 Å². The number of ketones is 1. The number of rotatable bonds is 7. The molecule has 0 spiro atoms. The van der Waals surface area contributed by atoms with Gasteiger partial charge in [0.2, 0.25) is 5.91 Å². The van der Waals surface area contributed by atoms with Gasteiger partial charge in [0.05, 0.1) is 10.5 Å². The van der Waals surface area contributed by atoms with Gasteiger partial charge < -0.3 is 10.6 Å². The minimum absolute atomic E-state index is 0.000974. The van der Waals surface area contributed by atoms with Crippen LogP contribution in [0.4, 0.5) is 4.39 Å². The van der Waals surface area contributed by atoms with Crippen LogP contribution in [-0.4, -0.2) is 45.5 Å². The monoisotopic (exact) mass is 330 g/mol. The van der Waals surface area contributed by atoms with E-state index in [0.29, 0.717) is 0 Å². The molecule has 2 N–H and O–H groups in total. The number of Topliss-reactive ketones (excluding diaryl/α,β-unsaturated/α-hetero) is 1. The summed E-state index contributed by atoms with van der Waals surface area (Å²) in [5, 5.41) is 5.37. The number of sulfone groups is 1. The molecule has 0 saturated carbocycles. The minimum Gasteiger partial charge on any atom is -0.354 e. The summed E-state index contributed by atoms with van der Waals surface area (Å²) in [4.78, 5) is 22.4. The van der Waals surface area contributed by atoms with Gasteiger partial charge in [-0.3, -0.25) is 9.59 Å². The summed E-state index contributed by atoms with van der Waals surface area (Å²) in [6.45, 7) is 3.29. The molecule has 1 aromatic carbocycles. The molecular weight excluding hydrogens is 311 g/mol. The van der Waals surface area contributed by atoms with E-state index in [-0.39, 0.29) is 23.0 Å². The van der Waals surface area contributed by atoms with Gasteiger partial charge in [-0.15, -0.1) is 0 Å². The quantitative estimate of drug-likeness (QED) is 0.711. The molecule has 6 nitrogen and oxygen atoms in total. The van der Waals surface area contributed by atoms with Crippen LogP contribution in [0.2, 0.25) is 0 Å². The Bertz CT molecular complexity index is 673. The van der Waals surface area contributed by atoms with Gasteiger partial charge in [-0.1, -0.05) is 0 Å². The molecule has 122 valence electrons. The summed E-state index contributed by atoms with van der Waals surface area (Å²) in [6, 6.07) is 2.98. The van der Waals surface area contributed by atoms with Crippen LogP contribution in [0, 0.1) is 5.82 Å². The highest BCUT2D eigenvalue weighted by molar-refractivity contribution is 7.92. The Balaban J connectivity index is 2.84. The van der Waals surface area contributed by atoms with Crippen LogP contribution in [0.3, 0.4) is 0 Å². The average molecular weight is 330 g/mol. The first-order valence-corrected chi connectivity index (χ1v) is 8.30. The molecule has 0 fully saturated rings. The second kappa shape index (κ2) is 7.46. The summed E-state index contributed by atoms with van der Waals surface area (Å²) in [5.74, 6) is -2.86. The third-order valence-electron chi connectivity index (χ3n) is 3.10. The van der Waals surface area contributed by atoms with Crippen LogP contribution in [0.15, 0.2) is 23.1 Å². The first-order valence-electron chi connectivity index (χ1n) is 6.64. The van der Waals surface area contributed by atoms with Gasteiger partial charge in [-0.25, -0.2) is 12.8 Å². The van der Waals surface area contributed by atoms with Crippen LogP contribution >= 0.6 is 0 Å². The number of likely N-dealkylation sites (N-methyl/N-ethyl adjacent to an activating group) is 1. The maximum atomic E-state index is 13.7. The molecule has 0 radical (unpaired) electrons. The SMILES string of the molecule is CNC(C)CNC(=O)CS(=O)(=O)c1ccc(C(C)=O)c(F)c1. The third-order valence-corrected chi connectivity index (χ3v) is 4.71. The number of nitrogens with one attached hydrogen (secondary N) is 2. The van der Waals surface area contributed by atoms with Crippen LogP contribution < -0.4 is 10.6 Å². The lowest BCUT2D eigenvalue weighted by Gasteiger charge is -2.11. The van der Waals surface area contributed by atoms with E-state index in [1.165, 1.54) is 6.92 Å². The zero-order valence-corrected chi connectivity index (χ0v) is 13.5. The number of benzene rings is 1. The van der Waals surface area contributed by atoms with E-state index >= 15 is 0 Å². The van der Waals surface area contributed by atoms with E-state index in [2.05, 4.69) is 10.6 Å². The van der Waals surface area contributed by atoms with Crippen molar-refractivity contribution < 1.29 is 22.4 Å². The van der Waals surface area contributed by atoms with Gasteiger partial charge in [-0.05, 0) is 39.1 Å². The van der Waals surface area contributed by atoms with E-state index in [1.54, 1.807) is 7.05 Å². The Kier molecular flexibility index (Phi) is 6.19. The lowest BCUT2D eigenvalue weighted by Crippen LogP contribution is -2.39. The van der Waals surface area contributed by atoms with Crippen LogP contribution in [0.1, 0.15) is 24.2 Å². The van der Waals surface area contributed by atoms with Crippen molar-refractivity contribution in [3.05, 3.63) is 29.6 Å². The molecule has 1 aromatic rings. The molecule has 8 heteroatoms. The fourth-order valence-electron chi connectivity index (χ4n) is 1.65. The molecule has 1 rings (SSSR count). The van der Waals surface area contributed by atoms with Crippen molar-refractivity contribution in [2.45, 2.75) is 24.8 Å². The molecule has 0 saturated heterocycles. The number of carbonyl (C=O) groups excluding carboxylic acids is 2. The number of hydrogen-bond acceptors (Lipinski definition) is 5. The van der Waals surface area contributed by atoms with Crippen LogP contribution in [0.5, 0.6) is 0 Å². The van der Waals surface area contributed by atoms with Gasteiger partial charge >= 0.3 is 0 Å². The van der Waals surface area contributed by atoms with Crippen molar-refractivity contribution in [3.8, 4) is 0 Å². The van der Waals surface area contributed by atoms with Crippen LogP contribution in [-0.2, 0) is 14.6 Å². The third kappa shape index (κ3) is 4.88. The van der Waals surface area contributed by atoms with Gasteiger partial charge in [0.25, 0.3) is 0 Å². The number of halogens is 1. The number of carbonyl (C=O) groups is 2. The van der Waals surface area contributed by atoms with Crippen molar-refractivity contribution in [3.63, 3.8) is 0 Å². The highest BCUT2D eigenvalue weighted by atomic mass is 32.2. The minimum atomic E-state index is -3.96. The fraction of sp³-hybridized carbons (Fsp3) is 0.429.